The molecule has 0 spiro atoms. The third kappa shape index (κ3) is 3.94. The Morgan fingerprint density at radius 3 is 2.65 bits per heavy atom. The lowest BCUT2D eigenvalue weighted by atomic mass is 10.1. The first kappa shape index (κ1) is 17.7. The number of rotatable bonds is 5. The van der Waals surface area contributed by atoms with Gasteiger partial charge in [-0.05, 0) is 24.3 Å². The van der Waals surface area contributed by atoms with E-state index in [-0.39, 0.29) is 12.4 Å². The van der Waals surface area contributed by atoms with Crippen LogP contribution in [-0.4, -0.2) is 28.5 Å². The summed E-state index contributed by atoms with van der Waals surface area (Å²) >= 11 is 0. The van der Waals surface area contributed by atoms with Crippen molar-refractivity contribution in [3.8, 4) is 11.5 Å². The van der Waals surface area contributed by atoms with E-state index in [4.69, 9.17) is 4.74 Å². The molecule has 3 rings (SSSR count). The van der Waals surface area contributed by atoms with E-state index in [0.29, 0.717) is 33.7 Å². The number of anilines is 2. The summed E-state index contributed by atoms with van der Waals surface area (Å²) in [5.41, 5.74) is 1.47. The van der Waals surface area contributed by atoms with Crippen molar-refractivity contribution in [1.29, 1.82) is 0 Å². The SMILES string of the molecule is COc1cc2c(Nc3cccc(OC(F)(F)F)c3)ncnc2cc1CO. The number of aliphatic hydroxyl groups excluding tert-OH is 1. The molecule has 0 amide bonds. The molecule has 0 aliphatic heterocycles. The number of hydrogen-bond donors (Lipinski definition) is 2. The molecule has 136 valence electrons. The molecule has 2 N–H and O–H groups in total. The number of fused-ring (bicyclic) bond motifs is 1. The van der Waals surface area contributed by atoms with Crippen molar-refractivity contribution in [3.63, 3.8) is 0 Å². The highest BCUT2D eigenvalue weighted by atomic mass is 19.4. The van der Waals surface area contributed by atoms with E-state index in [1.54, 1.807) is 18.2 Å². The average Bonchev–Trinajstić information content (AvgIpc) is 2.59. The molecule has 26 heavy (non-hydrogen) atoms. The summed E-state index contributed by atoms with van der Waals surface area (Å²) in [6, 6.07) is 8.73. The molecule has 0 saturated carbocycles. The number of benzene rings is 2. The van der Waals surface area contributed by atoms with Gasteiger partial charge in [0.15, 0.2) is 0 Å². The van der Waals surface area contributed by atoms with Gasteiger partial charge in [0, 0.05) is 22.7 Å². The number of ether oxygens (including phenoxy) is 2. The Balaban J connectivity index is 1.97. The van der Waals surface area contributed by atoms with Crippen LogP contribution in [0, 0.1) is 0 Å². The van der Waals surface area contributed by atoms with Crippen LogP contribution in [0.3, 0.4) is 0 Å². The summed E-state index contributed by atoms with van der Waals surface area (Å²) in [4.78, 5) is 8.28. The number of alkyl halides is 3. The molecule has 0 aliphatic carbocycles. The number of nitrogens with zero attached hydrogens (tertiary/aromatic N) is 2. The van der Waals surface area contributed by atoms with Crippen molar-refractivity contribution >= 4 is 22.4 Å². The maximum atomic E-state index is 12.4. The Hall–Kier alpha value is -3.07. The minimum absolute atomic E-state index is 0.220. The molecular weight excluding hydrogens is 351 g/mol. The summed E-state index contributed by atoms with van der Waals surface area (Å²) < 4.78 is 46.2. The van der Waals surface area contributed by atoms with Crippen LogP contribution in [0.2, 0.25) is 0 Å². The summed E-state index contributed by atoms with van der Waals surface area (Å²) in [6.07, 6.45) is -3.46. The maximum Gasteiger partial charge on any atom is 0.573 e. The van der Waals surface area contributed by atoms with Gasteiger partial charge >= 0.3 is 6.36 Å². The fourth-order valence-electron chi connectivity index (χ4n) is 2.45. The first-order valence-electron chi connectivity index (χ1n) is 7.45. The molecule has 2 aromatic carbocycles. The molecule has 0 atom stereocenters. The Morgan fingerprint density at radius 1 is 1.15 bits per heavy atom. The van der Waals surface area contributed by atoms with Crippen molar-refractivity contribution < 1.29 is 27.8 Å². The van der Waals surface area contributed by atoms with Crippen LogP contribution in [0.4, 0.5) is 24.7 Å². The van der Waals surface area contributed by atoms with Crippen LogP contribution in [0.1, 0.15) is 5.56 Å². The highest BCUT2D eigenvalue weighted by Crippen LogP contribution is 2.31. The highest BCUT2D eigenvalue weighted by Gasteiger charge is 2.31. The molecule has 0 aliphatic rings. The van der Waals surface area contributed by atoms with Gasteiger partial charge in [0.1, 0.15) is 23.6 Å². The number of methoxy groups -OCH3 is 1. The number of hydrogen-bond acceptors (Lipinski definition) is 6. The molecule has 0 bridgehead atoms. The first-order chi connectivity index (χ1) is 12.4. The molecule has 9 heteroatoms. The normalized spacial score (nSPS) is 11.4. The van der Waals surface area contributed by atoms with Gasteiger partial charge in [-0.25, -0.2) is 9.97 Å². The lowest BCUT2D eigenvalue weighted by Crippen LogP contribution is -2.17. The van der Waals surface area contributed by atoms with Crippen molar-refractivity contribution in [2.75, 3.05) is 12.4 Å². The monoisotopic (exact) mass is 365 g/mol. The minimum atomic E-state index is -4.77. The number of aromatic nitrogens is 2. The van der Waals surface area contributed by atoms with Crippen LogP contribution in [0.25, 0.3) is 10.9 Å². The predicted molar refractivity (Wildman–Crippen MR) is 88.4 cm³/mol. The van der Waals surface area contributed by atoms with Crippen LogP contribution in [-0.2, 0) is 6.61 Å². The zero-order valence-electron chi connectivity index (χ0n) is 13.5. The summed E-state index contributed by atoms with van der Waals surface area (Å²) in [7, 11) is 1.47. The minimum Gasteiger partial charge on any atom is -0.496 e. The molecule has 1 heterocycles. The topological polar surface area (TPSA) is 76.5 Å². The summed E-state index contributed by atoms with van der Waals surface area (Å²) in [5, 5.41) is 12.9. The molecule has 0 fully saturated rings. The molecular formula is C17H14F3N3O3. The standard InChI is InChI=1S/C17H14F3N3O3/c1-25-15-7-13-14(5-10(15)8-24)21-9-22-16(13)23-11-3-2-4-12(6-11)26-17(18,19)20/h2-7,9,24H,8H2,1H3,(H,21,22,23). The van der Waals surface area contributed by atoms with Gasteiger partial charge in [0.25, 0.3) is 0 Å². The van der Waals surface area contributed by atoms with E-state index >= 15 is 0 Å². The fourth-order valence-corrected chi connectivity index (χ4v) is 2.45. The van der Waals surface area contributed by atoms with Gasteiger partial charge in [0.05, 0.1) is 19.2 Å². The number of nitrogens with one attached hydrogen (secondary N) is 1. The second-order valence-corrected chi connectivity index (χ2v) is 5.26. The van der Waals surface area contributed by atoms with E-state index in [2.05, 4.69) is 20.0 Å². The first-order valence-corrected chi connectivity index (χ1v) is 7.45. The van der Waals surface area contributed by atoms with Gasteiger partial charge in [0.2, 0.25) is 0 Å². The van der Waals surface area contributed by atoms with E-state index in [1.165, 1.54) is 31.6 Å². The Bertz CT molecular complexity index is 932. The average molecular weight is 365 g/mol. The van der Waals surface area contributed by atoms with Gasteiger partial charge in [-0.2, -0.15) is 0 Å². The van der Waals surface area contributed by atoms with Crippen LogP contribution >= 0.6 is 0 Å². The smallest absolute Gasteiger partial charge is 0.496 e. The molecule has 1 aromatic heterocycles. The zero-order chi connectivity index (χ0) is 18.7. The predicted octanol–water partition coefficient (Wildman–Crippen LogP) is 3.77. The van der Waals surface area contributed by atoms with Crippen molar-refractivity contribution in [2.45, 2.75) is 13.0 Å². The third-order valence-corrected chi connectivity index (χ3v) is 3.54. The van der Waals surface area contributed by atoms with Gasteiger partial charge < -0.3 is 19.9 Å². The Labute approximate surface area is 146 Å². The lowest BCUT2D eigenvalue weighted by molar-refractivity contribution is -0.274. The second-order valence-electron chi connectivity index (χ2n) is 5.26. The Morgan fingerprint density at radius 2 is 1.96 bits per heavy atom. The zero-order valence-corrected chi connectivity index (χ0v) is 13.5. The summed E-state index contributed by atoms with van der Waals surface area (Å²) in [5.74, 6) is 0.481. The molecule has 0 saturated heterocycles. The van der Waals surface area contributed by atoms with E-state index in [0.717, 1.165) is 0 Å². The van der Waals surface area contributed by atoms with E-state index in [1.807, 2.05) is 0 Å². The van der Waals surface area contributed by atoms with Crippen molar-refractivity contribution in [1.82, 2.24) is 9.97 Å². The van der Waals surface area contributed by atoms with Crippen LogP contribution in [0.5, 0.6) is 11.5 Å². The number of halogens is 3. The molecule has 3 aromatic rings. The van der Waals surface area contributed by atoms with E-state index < -0.39 is 6.36 Å². The van der Waals surface area contributed by atoms with Crippen LogP contribution in [0.15, 0.2) is 42.7 Å². The van der Waals surface area contributed by atoms with Gasteiger partial charge in [-0.1, -0.05) is 6.07 Å². The van der Waals surface area contributed by atoms with Crippen molar-refractivity contribution in [3.05, 3.63) is 48.3 Å². The molecule has 0 unspecified atom stereocenters. The highest BCUT2D eigenvalue weighted by molar-refractivity contribution is 5.92. The van der Waals surface area contributed by atoms with Gasteiger partial charge in [-0.15, -0.1) is 13.2 Å². The lowest BCUT2D eigenvalue weighted by Gasteiger charge is -2.13. The Kier molecular flexibility index (Phi) is 4.81. The quantitative estimate of drug-likeness (QED) is 0.717. The summed E-state index contributed by atoms with van der Waals surface area (Å²) in [6.45, 7) is -0.220. The number of aliphatic hydroxyl groups is 1. The van der Waals surface area contributed by atoms with Gasteiger partial charge in [-0.3, -0.25) is 0 Å². The largest absolute Gasteiger partial charge is 0.573 e. The molecule has 0 radical (unpaired) electrons. The molecule has 6 nitrogen and oxygen atoms in total. The van der Waals surface area contributed by atoms with E-state index in [9.17, 15) is 18.3 Å². The van der Waals surface area contributed by atoms with Crippen LogP contribution < -0.4 is 14.8 Å². The second kappa shape index (κ2) is 7.04. The van der Waals surface area contributed by atoms with Crippen molar-refractivity contribution in [2.24, 2.45) is 0 Å². The maximum absolute atomic E-state index is 12.4. The third-order valence-electron chi connectivity index (χ3n) is 3.54. The fraction of sp³-hybridized carbons (Fsp3) is 0.176.